The molecule has 0 saturated heterocycles. The van der Waals surface area contributed by atoms with Crippen LogP contribution in [0.2, 0.25) is 0 Å². The molecule has 2 atom stereocenters. The van der Waals surface area contributed by atoms with E-state index in [1.165, 1.54) is 0 Å². The number of rotatable bonds is 4. The van der Waals surface area contributed by atoms with E-state index >= 15 is 0 Å². The predicted octanol–water partition coefficient (Wildman–Crippen LogP) is -0.180. The van der Waals surface area contributed by atoms with Crippen molar-refractivity contribution >= 4 is 28.4 Å². The summed E-state index contributed by atoms with van der Waals surface area (Å²) in [4.78, 5) is 7.70. The second-order valence-electron chi connectivity index (χ2n) is 3.32. The van der Waals surface area contributed by atoms with Crippen molar-refractivity contribution in [2.45, 2.75) is 13.0 Å². The first-order valence-electron chi connectivity index (χ1n) is 4.44. The summed E-state index contributed by atoms with van der Waals surface area (Å²) in [6.07, 6.45) is 1.65. The first-order valence-corrected chi connectivity index (χ1v) is 6.16. The molecule has 0 spiro atoms. The van der Waals surface area contributed by atoms with E-state index in [1.54, 1.807) is 12.3 Å². The zero-order valence-electron chi connectivity index (χ0n) is 8.73. The van der Waals surface area contributed by atoms with Crippen LogP contribution in [0.25, 0.3) is 0 Å². The molecule has 7 heteroatoms. The SMILES string of the molecule is CC(CS(C)=O)Nc1cc(N)nc(N)n1. The molecule has 15 heavy (non-hydrogen) atoms. The molecule has 0 aliphatic carbocycles. The molecule has 0 fully saturated rings. The molecule has 1 aromatic heterocycles. The minimum Gasteiger partial charge on any atom is -0.383 e. The Labute approximate surface area is 90.9 Å². The van der Waals surface area contributed by atoms with Crippen LogP contribution in [-0.4, -0.2) is 32.2 Å². The zero-order chi connectivity index (χ0) is 11.4. The van der Waals surface area contributed by atoms with E-state index in [2.05, 4.69) is 15.3 Å². The van der Waals surface area contributed by atoms with E-state index in [1.807, 2.05) is 6.92 Å². The van der Waals surface area contributed by atoms with Crippen LogP contribution in [0.5, 0.6) is 0 Å². The van der Waals surface area contributed by atoms with Crippen molar-refractivity contribution in [3.05, 3.63) is 6.07 Å². The van der Waals surface area contributed by atoms with Crippen LogP contribution in [0, 0.1) is 0 Å². The third-order valence-corrected chi connectivity index (χ3v) is 2.61. The molecule has 1 aromatic rings. The molecule has 2 unspecified atom stereocenters. The van der Waals surface area contributed by atoms with Crippen LogP contribution in [0.1, 0.15) is 6.92 Å². The molecule has 0 amide bonds. The third-order valence-electron chi connectivity index (χ3n) is 1.64. The van der Waals surface area contributed by atoms with E-state index in [0.717, 1.165) is 0 Å². The van der Waals surface area contributed by atoms with Crippen molar-refractivity contribution in [1.82, 2.24) is 9.97 Å². The average molecular weight is 229 g/mol. The summed E-state index contributed by atoms with van der Waals surface area (Å²) < 4.78 is 11.0. The lowest BCUT2D eigenvalue weighted by Crippen LogP contribution is -2.23. The predicted molar refractivity (Wildman–Crippen MR) is 62.9 cm³/mol. The van der Waals surface area contributed by atoms with E-state index in [4.69, 9.17) is 11.5 Å². The van der Waals surface area contributed by atoms with Gasteiger partial charge < -0.3 is 16.8 Å². The molecule has 0 aromatic carbocycles. The quantitative estimate of drug-likeness (QED) is 0.661. The summed E-state index contributed by atoms with van der Waals surface area (Å²) >= 11 is 0. The highest BCUT2D eigenvalue weighted by Gasteiger charge is 2.06. The fourth-order valence-corrected chi connectivity index (χ4v) is 1.99. The van der Waals surface area contributed by atoms with Gasteiger partial charge in [-0.1, -0.05) is 0 Å². The first kappa shape index (κ1) is 11.7. The molecule has 5 N–H and O–H groups in total. The van der Waals surface area contributed by atoms with Crippen molar-refractivity contribution in [2.24, 2.45) is 0 Å². The molecule has 0 saturated carbocycles. The van der Waals surface area contributed by atoms with Crippen molar-refractivity contribution in [1.29, 1.82) is 0 Å². The van der Waals surface area contributed by atoms with Gasteiger partial charge in [-0.25, -0.2) is 0 Å². The van der Waals surface area contributed by atoms with Gasteiger partial charge >= 0.3 is 0 Å². The minimum absolute atomic E-state index is 0.0459. The van der Waals surface area contributed by atoms with Gasteiger partial charge in [-0.2, -0.15) is 9.97 Å². The molecule has 1 heterocycles. The Morgan fingerprint density at radius 1 is 1.53 bits per heavy atom. The van der Waals surface area contributed by atoms with Gasteiger partial charge in [0.2, 0.25) is 5.95 Å². The second-order valence-corrected chi connectivity index (χ2v) is 4.80. The molecule has 6 nitrogen and oxygen atoms in total. The number of nitrogen functional groups attached to an aromatic ring is 2. The van der Waals surface area contributed by atoms with Gasteiger partial charge in [-0.3, -0.25) is 4.21 Å². The summed E-state index contributed by atoms with van der Waals surface area (Å²) in [5, 5.41) is 3.05. The van der Waals surface area contributed by atoms with Crippen molar-refractivity contribution < 1.29 is 4.21 Å². The summed E-state index contributed by atoms with van der Waals surface area (Å²) in [6.45, 7) is 1.91. The van der Waals surface area contributed by atoms with Crippen molar-refractivity contribution in [2.75, 3.05) is 28.8 Å². The molecular formula is C8H15N5OS. The van der Waals surface area contributed by atoms with Crippen LogP contribution >= 0.6 is 0 Å². The topological polar surface area (TPSA) is 107 Å². The number of hydrogen-bond donors (Lipinski definition) is 3. The monoisotopic (exact) mass is 229 g/mol. The summed E-state index contributed by atoms with van der Waals surface area (Å²) in [6, 6.07) is 1.63. The Bertz CT molecular complexity index is 350. The largest absolute Gasteiger partial charge is 0.383 e. The molecule has 0 radical (unpaired) electrons. The van der Waals surface area contributed by atoms with Crippen molar-refractivity contribution in [3.63, 3.8) is 0 Å². The highest BCUT2D eigenvalue weighted by Crippen LogP contribution is 2.10. The lowest BCUT2D eigenvalue weighted by molar-refractivity contribution is 0.683. The highest BCUT2D eigenvalue weighted by molar-refractivity contribution is 7.84. The highest BCUT2D eigenvalue weighted by atomic mass is 32.2. The van der Waals surface area contributed by atoms with Gasteiger partial charge in [0.05, 0.1) is 0 Å². The molecule has 0 aliphatic rings. The van der Waals surface area contributed by atoms with Gasteiger partial charge in [-0.15, -0.1) is 0 Å². The molecule has 1 rings (SSSR count). The number of nitrogens with two attached hydrogens (primary N) is 2. The summed E-state index contributed by atoms with van der Waals surface area (Å²) in [5.74, 6) is 1.54. The maximum Gasteiger partial charge on any atom is 0.223 e. The second kappa shape index (κ2) is 4.92. The minimum atomic E-state index is -0.848. The van der Waals surface area contributed by atoms with Crippen LogP contribution in [0.15, 0.2) is 6.07 Å². The smallest absolute Gasteiger partial charge is 0.223 e. The van der Waals surface area contributed by atoms with Crippen LogP contribution in [0.4, 0.5) is 17.6 Å². The standard InChI is InChI=1S/C8H15N5OS/c1-5(4-15(2)14)11-7-3-6(9)12-8(10)13-7/h3,5H,4H2,1-2H3,(H5,9,10,11,12,13). The van der Waals surface area contributed by atoms with E-state index in [9.17, 15) is 4.21 Å². The Hall–Kier alpha value is -1.37. The van der Waals surface area contributed by atoms with Crippen LogP contribution in [-0.2, 0) is 10.8 Å². The fraction of sp³-hybridized carbons (Fsp3) is 0.500. The van der Waals surface area contributed by atoms with Gasteiger partial charge in [0.1, 0.15) is 11.6 Å². The Morgan fingerprint density at radius 2 is 2.20 bits per heavy atom. The molecule has 0 aliphatic heterocycles. The summed E-state index contributed by atoms with van der Waals surface area (Å²) in [5.41, 5.74) is 10.9. The van der Waals surface area contributed by atoms with Gasteiger partial charge in [0.15, 0.2) is 0 Å². The number of nitrogens with zero attached hydrogens (tertiary/aromatic N) is 2. The van der Waals surface area contributed by atoms with Crippen LogP contribution < -0.4 is 16.8 Å². The zero-order valence-corrected chi connectivity index (χ0v) is 9.54. The average Bonchev–Trinajstić information content (AvgIpc) is 1.98. The number of hydrogen-bond acceptors (Lipinski definition) is 6. The third kappa shape index (κ3) is 4.11. The van der Waals surface area contributed by atoms with Gasteiger partial charge in [0, 0.05) is 34.9 Å². The maximum atomic E-state index is 11.0. The van der Waals surface area contributed by atoms with Crippen molar-refractivity contribution in [3.8, 4) is 0 Å². The van der Waals surface area contributed by atoms with Gasteiger partial charge in [0.25, 0.3) is 0 Å². The molecular weight excluding hydrogens is 214 g/mol. The number of anilines is 3. The fourth-order valence-electron chi connectivity index (χ4n) is 1.21. The maximum absolute atomic E-state index is 11.0. The van der Waals surface area contributed by atoms with Gasteiger partial charge in [-0.05, 0) is 6.92 Å². The number of aromatic nitrogens is 2. The Morgan fingerprint density at radius 3 is 2.73 bits per heavy atom. The molecule has 0 bridgehead atoms. The molecule has 84 valence electrons. The van der Waals surface area contributed by atoms with Crippen LogP contribution in [0.3, 0.4) is 0 Å². The lowest BCUT2D eigenvalue weighted by Gasteiger charge is -2.13. The Kier molecular flexibility index (Phi) is 3.84. The Balaban J connectivity index is 2.67. The van der Waals surface area contributed by atoms with E-state index in [-0.39, 0.29) is 12.0 Å². The normalized spacial score (nSPS) is 14.5. The van der Waals surface area contributed by atoms with E-state index in [0.29, 0.717) is 17.4 Å². The number of nitrogens with one attached hydrogen (secondary N) is 1. The van der Waals surface area contributed by atoms with E-state index < -0.39 is 10.8 Å². The first-order chi connectivity index (χ1) is 6.97. The summed E-state index contributed by atoms with van der Waals surface area (Å²) in [7, 11) is -0.848. The lowest BCUT2D eigenvalue weighted by atomic mass is 10.4.